The highest BCUT2D eigenvalue weighted by atomic mass is 79.9. The number of hydrogen-bond acceptors (Lipinski definition) is 3. The Labute approximate surface area is 123 Å². The van der Waals surface area contributed by atoms with E-state index in [1.54, 1.807) is 36.4 Å². The van der Waals surface area contributed by atoms with Crippen LogP contribution in [0.2, 0.25) is 0 Å². The van der Waals surface area contributed by atoms with Crippen LogP contribution in [0.1, 0.15) is 23.4 Å². The third kappa shape index (κ3) is 2.38. The molecule has 3 rings (SSSR count). The number of aromatic nitrogens is 1. The van der Waals surface area contributed by atoms with Crippen LogP contribution in [0, 0.1) is 5.82 Å². The number of rotatable bonds is 2. The highest BCUT2D eigenvalue weighted by Crippen LogP contribution is 2.37. The smallest absolute Gasteiger partial charge is 0.408 e. The molecule has 2 aromatic rings. The van der Waals surface area contributed by atoms with E-state index in [2.05, 4.69) is 26.2 Å². The van der Waals surface area contributed by atoms with Crippen molar-refractivity contribution in [2.45, 2.75) is 12.1 Å². The molecule has 1 aliphatic rings. The summed E-state index contributed by atoms with van der Waals surface area (Å²) in [6.45, 7) is 0. The minimum Gasteiger partial charge on any atom is -0.439 e. The lowest BCUT2D eigenvalue weighted by Crippen LogP contribution is -2.21. The zero-order valence-corrected chi connectivity index (χ0v) is 11.8. The maximum atomic E-state index is 13.9. The minimum absolute atomic E-state index is 0.331. The summed E-state index contributed by atoms with van der Waals surface area (Å²) in [5.41, 5.74) is 0.941. The molecule has 0 saturated carbocycles. The zero-order valence-electron chi connectivity index (χ0n) is 10.2. The van der Waals surface area contributed by atoms with Gasteiger partial charge in [-0.1, -0.05) is 24.3 Å². The van der Waals surface area contributed by atoms with Crippen LogP contribution >= 0.6 is 15.9 Å². The number of benzene rings is 1. The Morgan fingerprint density at radius 1 is 1.20 bits per heavy atom. The number of pyridine rings is 1. The quantitative estimate of drug-likeness (QED) is 0.854. The highest BCUT2D eigenvalue weighted by Gasteiger charge is 2.38. The molecule has 2 unspecified atom stereocenters. The van der Waals surface area contributed by atoms with Crippen molar-refractivity contribution in [3.8, 4) is 0 Å². The number of amides is 1. The summed E-state index contributed by atoms with van der Waals surface area (Å²) in [6.07, 6.45) is -1.31. The van der Waals surface area contributed by atoms with Gasteiger partial charge in [0.15, 0.2) is 6.10 Å². The van der Waals surface area contributed by atoms with Crippen LogP contribution in [0.25, 0.3) is 0 Å². The Bertz CT molecular complexity index is 665. The van der Waals surface area contributed by atoms with E-state index in [4.69, 9.17) is 4.74 Å². The number of nitrogens with one attached hydrogen (secondary N) is 1. The number of alkyl carbamates (subject to hydrolysis) is 1. The predicted octanol–water partition coefficient (Wildman–Crippen LogP) is 3.51. The van der Waals surface area contributed by atoms with Gasteiger partial charge in [-0.05, 0) is 34.1 Å². The number of ether oxygens (including phenoxy) is 1. The number of halogens is 2. The van der Waals surface area contributed by atoms with Gasteiger partial charge in [-0.3, -0.25) is 0 Å². The first-order valence-electron chi connectivity index (χ1n) is 5.99. The first kappa shape index (κ1) is 13.1. The fourth-order valence-electron chi connectivity index (χ4n) is 2.20. The van der Waals surface area contributed by atoms with Crippen LogP contribution in [-0.2, 0) is 4.74 Å². The third-order valence-electron chi connectivity index (χ3n) is 3.08. The molecule has 1 aromatic heterocycles. The lowest BCUT2D eigenvalue weighted by atomic mass is 9.99. The summed E-state index contributed by atoms with van der Waals surface area (Å²) in [5.74, 6) is -0.408. The lowest BCUT2D eigenvalue weighted by Gasteiger charge is -2.17. The molecule has 2 heterocycles. The molecule has 0 bridgehead atoms. The molecule has 1 N–H and O–H groups in total. The van der Waals surface area contributed by atoms with Crippen molar-refractivity contribution >= 4 is 22.0 Å². The van der Waals surface area contributed by atoms with Crippen molar-refractivity contribution in [3.63, 3.8) is 0 Å². The lowest BCUT2D eigenvalue weighted by molar-refractivity contribution is 0.129. The van der Waals surface area contributed by atoms with Gasteiger partial charge in [-0.15, -0.1) is 0 Å². The normalized spacial score (nSPS) is 21.4. The van der Waals surface area contributed by atoms with Crippen molar-refractivity contribution in [2.24, 2.45) is 0 Å². The van der Waals surface area contributed by atoms with Crippen LogP contribution < -0.4 is 5.32 Å². The van der Waals surface area contributed by atoms with Gasteiger partial charge in [0.25, 0.3) is 0 Å². The zero-order chi connectivity index (χ0) is 14.1. The van der Waals surface area contributed by atoms with Gasteiger partial charge in [0, 0.05) is 5.56 Å². The summed E-state index contributed by atoms with van der Waals surface area (Å²) in [7, 11) is 0. The summed E-state index contributed by atoms with van der Waals surface area (Å²) < 4.78 is 19.7. The second kappa shape index (κ2) is 5.20. The van der Waals surface area contributed by atoms with Crippen molar-refractivity contribution < 1.29 is 13.9 Å². The van der Waals surface area contributed by atoms with E-state index in [1.165, 1.54) is 6.07 Å². The standard InChI is InChI=1S/C14H10BrFN2O2/c15-11-7-3-6-10(17-11)12-13(20-14(19)18-12)8-4-1-2-5-9(8)16/h1-7,12-13H,(H,18,19). The highest BCUT2D eigenvalue weighted by molar-refractivity contribution is 9.10. The van der Waals surface area contributed by atoms with Gasteiger partial charge < -0.3 is 10.1 Å². The Morgan fingerprint density at radius 3 is 2.75 bits per heavy atom. The molecule has 1 aliphatic heterocycles. The van der Waals surface area contributed by atoms with E-state index in [0.717, 1.165) is 0 Å². The van der Waals surface area contributed by atoms with E-state index in [1.807, 2.05) is 0 Å². The fraction of sp³-hybridized carbons (Fsp3) is 0.143. The van der Waals surface area contributed by atoms with Crippen LogP contribution in [0.5, 0.6) is 0 Å². The molecule has 20 heavy (non-hydrogen) atoms. The maximum Gasteiger partial charge on any atom is 0.408 e. The summed E-state index contributed by atoms with van der Waals surface area (Å²) in [6, 6.07) is 11.1. The van der Waals surface area contributed by atoms with E-state index in [0.29, 0.717) is 15.9 Å². The molecule has 4 nitrogen and oxygen atoms in total. The molecule has 1 aromatic carbocycles. The molecule has 102 valence electrons. The SMILES string of the molecule is O=C1NC(c2cccc(Br)n2)C(c2ccccc2F)O1. The van der Waals surface area contributed by atoms with Crippen molar-refractivity contribution in [1.29, 1.82) is 0 Å². The van der Waals surface area contributed by atoms with Gasteiger partial charge in [0.05, 0.1) is 5.69 Å². The Morgan fingerprint density at radius 2 is 2.00 bits per heavy atom. The molecule has 0 spiro atoms. The van der Waals surface area contributed by atoms with Crippen molar-refractivity contribution in [2.75, 3.05) is 0 Å². The largest absolute Gasteiger partial charge is 0.439 e. The van der Waals surface area contributed by atoms with E-state index < -0.39 is 24.1 Å². The first-order chi connectivity index (χ1) is 9.65. The summed E-state index contributed by atoms with van der Waals surface area (Å²) in [4.78, 5) is 15.8. The van der Waals surface area contributed by atoms with Gasteiger partial charge >= 0.3 is 6.09 Å². The van der Waals surface area contributed by atoms with Gasteiger partial charge in [0.2, 0.25) is 0 Å². The van der Waals surface area contributed by atoms with Crippen molar-refractivity contribution in [1.82, 2.24) is 10.3 Å². The molecule has 6 heteroatoms. The van der Waals surface area contributed by atoms with Crippen molar-refractivity contribution in [3.05, 3.63) is 64.1 Å². The monoisotopic (exact) mass is 336 g/mol. The van der Waals surface area contributed by atoms with Gasteiger partial charge in [-0.25, -0.2) is 14.2 Å². The molecule has 1 saturated heterocycles. The third-order valence-corrected chi connectivity index (χ3v) is 3.52. The average Bonchev–Trinajstić information content (AvgIpc) is 2.81. The van der Waals surface area contributed by atoms with Crippen LogP contribution in [0.15, 0.2) is 47.1 Å². The first-order valence-corrected chi connectivity index (χ1v) is 6.78. The van der Waals surface area contributed by atoms with Crippen LogP contribution in [0.3, 0.4) is 0 Å². The number of carbonyl (C=O) groups excluding carboxylic acids is 1. The minimum atomic E-state index is -0.731. The number of carbonyl (C=O) groups is 1. The molecule has 0 aliphatic carbocycles. The Kier molecular flexibility index (Phi) is 3.40. The van der Waals surface area contributed by atoms with E-state index in [-0.39, 0.29) is 0 Å². The Hall–Kier alpha value is -1.95. The average molecular weight is 337 g/mol. The van der Waals surface area contributed by atoms with Crippen LogP contribution in [0.4, 0.5) is 9.18 Å². The second-order valence-corrected chi connectivity index (χ2v) is 5.17. The molecule has 1 amide bonds. The van der Waals surface area contributed by atoms with Gasteiger partial charge in [0.1, 0.15) is 16.5 Å². The topological polar surface area (TPSA) is 51.2 Å². The number of nitrogens with zero attached hydrogens (tertiary/aromatic N) is 1. The van der Waals surface area contributed by atoms with Gasteiger partial charge in [-0.2, -0.15) is 0 Å². The molecular weight excluding hydrogens is 327 g/mol. The molecule has 0 radical (unpaired) electrons. The van der Waals surface area contributed by atoms with Crippen LogP contribution in [-0.4, -0.2) is 11.1 Å². The molecule has 2 atom stereocenters. The second-order valence-electron chi connectivity index (χ2n) is 4.35. The fourth-order valence-corrected chi connectivity index (χ4v) is 2.55. The Balaban J connectivity index is 2.01. The maximum absolute atomic E-state index is 13.9. The summed E-state index contributed by atoms with van der Waals surface area (Å²) in [5, 5.41) is 2.66. The number of hydrogen-bond donors (Lipinski definition) is 1. The summed E-state index contributed by atoms with van der Waals surface area (Å²) >= 11 is 3.28. The van der Waals surface area contributed by atoms with E-state index >= 15 is 0 Å². The molecule has 1 fully saturated rings. The number of cyclic esters (lactones) is 1. The van der Waals surface area contributed by atoms with E-state index in [9.17, 15) is 9.18 Å². The molecular formula is C14H10BrFN2O2. The predicted molar refractivity (Wildman–Crippen MR) is 73.4 cm³/mol.